The molecule has 0 saturated heterocycles. The van der Waals surface area contributed by atoms with Gasteiger partial charge in [-0.1, -0.05) is 25.7 Å². The van der Waals surface area contributed by atoms with Gasteiger partial charge >= 0.3 is 0 Å². The van der Waals surface area contributed by atoms with Crippen molar-refractivity contribution in [3.8, 4) is 0 Å². The molecule has 1 aromatic rings. The van der Waals surface area contributed by atoms with E-state index in [0.29, 0.717) is 5.95 Å². The molecule has 1 saturated carbocycles. The normalized spacial score (nSPS) is 16.1. The van der Waals surface area contributed by atoms with Gasteiger partial charge in [0, 0.05) is 19.8 Å². The van der Waals surface area contributed by atoms with Gasteiger partial charge in [0.05, 0.1) is 0 Å². The molecule has 4 nitrogen and oxygen atoms in total. The summed E-state index contributed by atoms with van der Waals surface area (Å²) in [7, 11) is 1.83. The van der Waals surface area contributed by atoms with Crippen molar-refractivity contribution in [1.82, 2.24) is 9.97 Å². The van der Waals surface area contributed by atoms with E-state index in [4.69, 9.17) is 0 Å². The van der Waals surface area contributed by atoms with Crippen LogP contribution in [0.15, 0.2) is 12.3 Å². The first-order valence-corrected chi connectivity index (χ1v) is 6.63. The first kappa shape index (κ1) is 12.1. The molecule has 2 N–H and O–H groups in total. The Labute approximate surface area is 103 Å². The molecule has 0 radical (unpaired) electrons. The maximum Gasteiger partial charge on any atom is 0.224 e. The molecular formula is C13H22N4. The van der Waals surface area contributed by atoms with E-state index < -0.39 is 0 Å². The number of hydrogen-bond donors (Lipinski definition) is 2. The highest BCUT2D eigenvalue weighted by atomic mass is 15.1. The van der Waals surface area contributed by atoms with Crippen LogP contribution in [0.2, 0.25) is 0 Å². The van der Waals surface area contributed by atoms with Gasteiger partial charge in [-0.05, 0) is 24.8 Å². The van der Waals surface area contributed by atoms with Gasteiger partial charge in [0.1, 0.15) is 5.82 Å². The molecular weight excluding hydrogens is 212 g/mol. The molecule has 0 bridgehead atoms. The summed E-state index contributed by atoms with van der Waals surface area (Å²) in [6.45, 7) is 1.01. The number of hydrogen-bond acceptors (Lipinski definition) is 4. The maximum absolute atomic E-state index is 4.33. The number of rotatable bonds is 6. The van der Waals surface area contributed by atoms with Crippen LogP contribution in [0.5, 0.6) is 0 Å². The van der Waals surface area contributed by atoms with Gasteiger partial charge in [-0.3, -0.25) is 0 Å². The molecule has 1 fully saturated rings. The summed E-state index contributed by atoms with van der Waals surface area (Å²) < 4.78 is 0. The lowest BCUT2D eigenvalue weighted by atomic mass is 10.0. The van der Waals surface area contributed by atoms with Gasteiger partial charge in [-0.2, -0.15) is 4.98 Å². The second kappa shape index (κ2) is 6.42. The van der Waals surface area contributed by atoms with Crippen molar-refractivity contribution >= 4 is 11.8 Å². The van der Waals surface area contributed by atoms with Crippen LogP contribution in [0.3, 0.4) is 0 Å². The van der Waals surface area contributed by atoms with Gasteiger partial charge in [0.15, 0.2) is 0 Å². The monoisotopic (exact) mass is 234 g/mol. The Morgan fingerprint density at radius 1 is 1.35 bits per heavy atom. The van der Waals surface area contributed by atoms with Crippen LogP contribution in [0.4, 0.5) is 11.8 Å². The van der Waals surface area contributed by atoms with Crippen molar-refractivity contribution in [3.05, 3.63) is 12.3 Å². The fourth-order valence-electron chi connectivity index (χ4n) is 2.48. The molecule has 4 heteroatoms. The van der Waals surface area contributed by atoms with E-state index in [1.165, 1.54) is 38.5 Å². The predicted octanol–water partition coefficient (Wildman–Crippen LogP) is 2.90. The third-order valence-electron chi connectivity index (χ3n) is 3.45. The van der Waals surface area contributed by atoms with E-state index >= 15 is 0 Å². The topological polar surface area (TPSA) is 49.8 Å². The molecule has 0 unspecified atom stereocenters. The van der Waals surface area contributed by atoms with Gasteiger partial charge in [-0.25, -0.2) is 4.98 Å². The summed E-state index contributed by atoms with van der Waals surface area (Å²) in [5, 5.41) is 6.29. The third-order valence-corrected chi connectivity index (χ3v) is 3.45. The zero-order valence-electron chi connectivity index (χ0n) is 10.6. The Hall–Kier alpha value is -1.32. The standard InChI is InChI=1S/C13H22N4/c1-14-13-16-10-8-12(17-13)15-9-4-7-11-5-2-3-6-11/h8,10-11H,2-7,9H2,1H3,(H2,14,15,16,17). The van der Waals surface area contributed by atoms with E-state index in [2.05, 4.69) is 20.6 Å². The Bertz CT molecular complexity index is 334. The van der Waals surface area contributed by atoms with E-state index in [1.807, 2.05) is 13.1 Å². The first-order valence-electron chi connectivity index (χ1n) is 6.63. The molecule has 0 atom stereocenters. The molecule has 0 spiro atoms. The minimum absolute atomic E-state index is 0.672. The Balaban J connectivity index is 1.66. The molecule has 0 aromatic carbocycles. The number of nitrogens with zero attached hydrogens (tertiary/aromatic N) is 2. The molecule has 1 aliphatic carbocycles. The third kappa shape index (κ3) is 3.88. The summed E-state index contributed by atoms with van der Waals surface area (Å²) >= 11 is 0. The second-order valence-electron chi connectivity index (χ2n) is 4.73. The van der Waals surface area contributed by atoms with Crippen molar-refractivity contribution < 1.29 is 0 Å². The van der Waals surface area contributed by atoms with Crippen LogP contribution < -0.4 is 10.6 Å². The Morgan fingerprint density at radius 3 is 2.94 bits per heavy atom. The predicted molar refractivity (Wildman–Crippen MR) is 71.3 cm³/mol. The smallest absolute Gasteiger partial charge is 0.224 e. The van der Waals surface area contributed by atoms with Crippen LogP contribution in [0.25, 0.3) is 0 Å². The quantitative estimate of drug-likeness (QED) is 0.743. The molecule has 1 heterocycles. The largest absolute Gasteiger partial charge is 0.370 e. The Morgan fingerprint density at radius 2 is 2.18 bits per heavy atom. The van der Waals surface area contributed by atoms with Crippen molar-refractivity contribution in [2.24, 2.45) is 5.92 Å². The van der Waals surface area contributed by atoms with Crippen molar-refractivity contribution in [3.63, 3.8) is 0 Å². The molecule has 2 rings (SSSR count). The SMILES string of the molecule is CNc1nccc(NCCCC2CCCC2)n1. The fourth-order valence-corrected chi connectivity index (χ4v) is 2.48. The van der Waals surface area contributed by atoms with Crippen LogP contribution in [-0.2, 0) is 0 Å². The molecule has 1 aliphatic rings. The lowest BCUT2D eigenvalue weighted by Crippen LogP contribution is -2.07. The minimum Gasteiger partial charge on any atom is -0.370 e. The van der Waals surface area contributed by atoms with Crippen LogP contribution in [0, 0.1) is 5.92 Å². The second-order valence-corrected chi connectivity index (χ2v) is 4.73. The maximum atomic E-state index is 4.33. The van der Waals surface area contributed by atoms with Crippen molar-refractivity contribution in [1.29, 1.82) is 0 Å². The average Bonchev–Trinajstić information content (AvgIpc) is 2.88. The Kier molecular flexibility index (Phi) is 4.59. The van der Waals surface area contributed by atoms with Gasteiger partial charge < -0.3 is 10.6 Å². The van der Waals surface area contributed by atoms with Gasteiger partial charge in [0.25, 0.3) is 0 Å². The van der Waals surface area contributed by atoms with Gasteiger partial charge in [-0.15, -0.1) is 0 Å². The zero-order chi connectivity index (χ0) is 11.9. The zero-order valence-corrected chi connectivity index (χ0v) is 10.6. The summed E-state index contributed by atoms with van der Waals surface area (Å²) in [6, 6.07) is 1.91. The van der Waals surface area contributed by atoms with Crippen LogP contribution in [-0.4, -0.2) is 23.6 Å². The molecule has 1 aromatic heterocycles. The lowest BCUT2D eigenvalue weighted by molar-refractivity contribution is 0.491. The van der Waals surface area contributed by atoms with E-state index in [0.717, 1.165) is 18.3 Å². The highest BCUT2D eigenvalue weighted by molar-refractivity contribution is 5.38. The lowest BCUT2D eigenvalue weighted by Gasteiger charge is -2.09. The van der Waals surface area contributed by atoms with E-state index in [9.17, 15) is 0 Å². The highest BCUT2D eigenvalue weighted by Crippen LogP contribution is 2.28. The number of aromatic nitrogens is 2. The molecule has 0 aliphatic heterocycles. The summed E-state index contributed by atoms with van der Waals surface area (Å²) in [6.07, 6.45) is 10.1. The summed E-state index contributed by atoms with van der Waals surface area (Å²) in [5.74, 6) is 2.57. The molecule has 17 heavy (non-hydrogen) atoms. The molecule has 0 amide bonds. The molecule has 94 valence electrons. The number of anilines is 2. The fraction of sp³-hybridized carbons (Fsp3) is 0.692. The van der Waals surface area contributed by atoms with Gasteiger partial charge in [0.2, 0.25) is 5.95 Å². The van der Waals surface area contributed by atoms with Crippen molar-refractivity contribution in [2.75, 3.05) is 24.2 Å². The number of nitrogens with one attached hydrogen (secondary N) is 2. The minimum atomic E-state index is 0.672. The highest BCUT2D eigenvalue weighted by Gasteiger charge is 2.13. The van der Waals surface area contributed by atoms with Crippen molar-refractivity contribution in [2.45, 2.75) is 38.5 Å². The summed E-state index contributed by atoms with van der Waals surface area (Å²) in [5.41, 5.74) is 0. The first-order chi connectivity index (χ1) is 8.38. The van der Waals surface area contributed by atoms with E-state index in [1.54, 1.807) is 6.20 Å². The van der Waals surface area contributed by atoms with E-state index in [-0.39, 0.29) is 0 Å². The van der Waals surface area contributed by atoms with Crippen LogP contribution in [0.1, 0.15) is 38.5 Å². The van der Waals surface area contributed by atoms with Crippen LogP contribution >= 0.6 is 0 Å². The summed E-state index contributed by atoms with van der Waals surface area (Å²) in [4.78, 5) is 8.41. The average molecular weight is 234 g/mol.